The van der Waals surface area contributed by atoms with Gasteiger partial charge in [-0.25, -0.2) is 23.5 Å². The van der Waals surface area contributed by atoms with Crippen molar-refractivity contribution < 1.29 is 26.2 Å². The first-order valence-corrected chi connectivity index (χ1v) is 19.6. The third-order valence-corrected chi connectivity index (χ3v) is 8.76. The van der Waals surface area contributed by atoms with Gasteiger partial charge in [0.1, 0.15) is 0 Å². The molecule has 6 aromatic carbocycles. The number of hydrogen-bond acceptors (Lipinski definition) is 2. The van der Waals surface area contributed by atoms with E-state index < -0.39 is 0 Å². The van der Waals surface area contributed by atoms with Crippen LogP contribution < -0.4 is 0 Å². The van der Waals surface area contributed by atoms with Gasteiger partial charge in [0.2, 0.25) is 0 Å². The minimum Gasteiger partial charge on any atom is -0.689 e. The fourth-order valence-corrected chi connectivity index (χ4v) is 5.62. The van der Waals surface area contributed by atoms with Crippen LogP contribution in [0.2, 0.25) is 0 Å². The Morgan fingerprint density at radius 2 is 0.642 bits per heavy atom. The van der Waals surface area contributed by atoms with Crippen molar-refractivity contribution >= 4 is 46.3 Å². The fraction of sp³-hybridized carbons (Fsp3) is 0.174. The number of aryl methyl sites for hydroxylation is 4. The van der Waals surface area contributed by atoms with E-state index in [1.807, 2.05) is 134 Å². The van der Waals surface area contributed by atoms with E-state index in [2.05, 4.69) is 88.6 Å². The van der Waals surface area contributed by atoms with Crippen LogP contribution in [0.15, 0.2) is 158 Å². The van der Waals surface area contributed by atoms with E-state index in [9.17, 15) is 0 Å². The summed E-state index contributed by atoms with van der Waals surface area (Å²) in [5.41, 5.74) is 10.8. The first-order chi connectivity index (χ1) is 25.2. The summed E-state index contributed by atoms with van der Waals surface area (Å²) in [5, 5.41) is 18.8. The van der Waals surface area contributed by atoms with E-state index in [0.29, 0.717) is 0 Å². The largest absolute Gasteiger partial charge is 0.689 e. The maximum Gasteiger partial charge on any atom is 0 e. The zero-order valence-electron chi connectivity index (χ0n) is 31.7. The Balaban J connectivity index is 0.000000267. The van der Waals surface area contributed by atoms with Gasteiger partial charge in [0.15, 0.2) is 0 Å². The van der Waals surface area contributed by atoms with Crippen LogP contribution in [0.3, 0.4) is 0 Å². The molecule has 0 aromatic heterocycles. The van der Waals surface area contributed by atoms with Crippen LogP contribution in [0.25, 0.3) is 21.3 Å². The molecule has 0 amide bonds. The first kappa shape index (κ1) is 45.0. The van der Waals surface area contributed by atoms with Gasteiger partial charge in [0, 0.05) is 26.2 Å². The summed E-state index contributed by atoms with van der Waals surface area (Å²) in [7, 11) is 0. The van der Waals surface area contributed by atoms with Crippen molar-refractivity contribution in [2.75, 3.05) is 12.5 Å². The molecule has 53 heavy (non-hydrogen) atoms. The Morgan fingerprint density at radius 1 is 0.377 bits per heavy atom. The number of hydrogen-bond donors (Lipinski definition) is 0. The predicted molar refractivity (Wildman–Crippen MR) is 233 cm³/mol. The number of thioether (sulfide) groups is 2. The Labute approximate surface area is 347 Å². The van der Waals surface area contributed by atoms with Gasteiger partial charge in [-0.2, -0.15) is 60.2 Å². The molecule has 0 radical (unpaired) electrons. The van der Waals surface area contributed by atoms with E-state index in [0.717, 1.165) is 33.9 Å². The summed E-state index contributed by atoms with van der Waals surface area (Å²) in [4.78, 5) is 0. The standard InChI is InChI=1S/2C16H18N2S.2C7H7.Zr/c2*1-12-8-7-9-13(2)15(12)18-16(19-3)17-14-10-5-4-6-11-14;2*1-7-5-3-2-4-6-7;/h2*4-11,16H,1-3H3;2*2-6H,1H2;/q2*-2;2*-1;. The second-order valence-electron chi connectivity index (χ2n) is 11.8. The van der Waals surface area contributed by atoms with Crippen LogP contribution in [0.1, 0.15) is 33.4 Å². The van der Waals surface area contributed by atoms with Gasteiger partial charge < -0.3 is 21.3 Å². The molecule has 7 heteroatoms. The molecular formula is C46H50N4S2Zr-6. The summed E-state index contributed by atoms with van der Waals surface area (Å²) in [5.74, 6) is 0. The van der Waals surface area contributed by atoms with Gasteiger partial charge in [0.05, 0.1) is 0 Å². The molecule has 0 spiro atoms. The third-order valence-electron chi connectivity index (χ3n) is 7.50. The van der Waals surface area contributed by atoms with Gasteiger partial charge in [-0.3, -0.25) is 0 Å². The van der Waals surface area contributed by atoms with Crippen molar-refractivity contribution in [2.45, 2.75) is 38.7 Å². The predicted octanol–water partition coefficient (Wildman–Crippen LogP) is 15.1. The van der Waals surface area contributed by atoms with Crippen molar-refractivity contribution in [1.29, 1.82) is 0 Å². The van der Waals surface area contributed by atoms with E-state index >= 15 is 0 Å². The van der Waals surface area contributed by atoms with Crippen LogP contribution in [0.5, 0.6) is 0 Å². The quantitative estimate of drug-likeness (QED) is 0.129. The maximum absolute atomic E-state index is 4.77. The Bertz CT molecular complexity index is 1650. The summed E-state index contributed by atoms with van der Waals surface area (Å²) >= 11 is 3.29. The molecule has 4 nitrogen and oxygen atoms in total. The Morgan fingerprint density at radius 3 is 0.868 bits per heavy atom. The second kappa shape index (κ2) is 25.8. The van der Waals surface area contributed by atoms with Crippen molar-refractivity contribution in [1.82, 2.24) is 0 Å². The zero-order chi connectivity index (χ0) is 37.6. The summed E-state index contributed by atoms with van der Waals surface area (Å²) in [6.07, 6.45) is 4.07. The van der Waals surface area contributed by atoms with Crippen LogP contribution in [-0.2, 0) is 26.2 Å². The molecule has 2 unspecified atom stereocenters. The molecule has 0 saturated carbocycles. The second-order valence-corrected chi connectivity index (χ2v) is 13.5. The summed E-state index contributed by atoms with van der Waals surface area (Å²) in [6, 6.07) is 52.2. The molecule has 0 heterocycles. The molecular weight excluding hydrogens is 764 g/mol. The topological polar surface area (TPSA) is 56.4 Å². The smallest absolute Gasteiger partial charge is 0 e. The molecule has 0 saturated heterocycles. The van der Waals surface area contributed by atoms with Gasteiger partial charge in [-0.1, -0.05) is 131 Å². The van der Waals surface area contributed by atoms with Gasteiger partial charge >= 0.3 is 0 Å². The average Bonchev–Trinajstić information content (AvgIpc) is 3.16. The van der Waals surface area contributed by atoms with Crippen molar-refractivity contribution in [2.24, 2.45) is 0 Å². The van der Waals surface area contributed by atoms with E-state index in [-0.39, 0.29) is 37.2 Å². The van der Waals surface area contributed by atoms with Crippen LogP contribution >= 0.6 is 23.5 Å². The van der Waals surface area contributed by atoms with Gasteiger partial charge in [-0.05, 0) is 40.2 Å². The van der Waals surface area contributed by atoms with Gasteiger partial charge in [0.25, 0.3) is 0 Å². The Kier molecular flexibility index (Phi) is 21.9. The first-order valence-electron chi connectivity index (χ1n) is 17.1. The van der Waals surface area contributed by atoms with Crippen LogP contribution in [0.4, 0.5) is 22.7 Å². The minimum absolute atomic E-state index is 0. The number of para-hydroxylation sites is 4. The number of rotatable bonds is 10. The summed E-state index contributed by atoms with van der Waals surface area (Å²) in [6.45, 7) is 15.8. The molecule has 6 rings (SSSR count). The third kappa shape index (κ3) is 17.5. The molecule has 0 aliphatic heterocycles. The molecule has 0 bridgehead atoms. The minimum atomic E-state index is -0.0952. The molecule has 6 aromatic rings. The fourth-order valence-electron chi connectivity index (χ4n) is 4.75. The number of benzene rings is 6. The normalized spacial score (nSPS) is 10.8. The maximum atomic E-state index is 4.77. The Hall–Kier alpha value is -4.16. The average molecular weight is 814 g/mol. The van der Waals surface area contributed by atoms with E-state index in [1.54, 1.807) is 23.5 Å². The van der Waals surface area contributed by atoms with Crippen molar-refractivity contribution in [3.8, 4) is 0 Å². The van der Waals surface area contributed by atoms with Crippen molar-refractivity contribution in [3.63, 3.8) is 0 Å². The zero-order valence-corrected chi connectivity index (χ0v) is 35.8. The number of nitrogens with zero attached hydrogens (tertiary/aromatic N) is 4. The van der Waals surface area contributed by atoms with Crippen LogP contribution in [0, 0.1) is 41.5 Å². The molecule has 2 atom stereocenters. The van der Waals surface area contributed by atoms with Crippen molar-refractivity contribution in [3.05, 3.63) is 226 Å². The molecule has 0 N–H and O–H groups in total. The molecule has 276 valence electrons. The SMILES string of the molecule is CSC([N-]c1ccccc1)[N-]c1c(C)cccc1C.CSC([N-]c1ccccc1)[N-]c1c(C)cccc1C.[CH2-]c1ccccc1.[CH2-]c1ccccc1.[Zr]. The monoisotopic (exact) mass is 812 g/mol. The van der Waals surface area contributed by atoms with Crippen LogP contribution in [-0.4, -0.2) is 23.5 Å². The van der Waals surface area contributed by atoms with E-state index in [1.165, 1.54) is 22.3 Å². The summed E-state index contributed by atoms with van der Waals surface area (Å²) < 4.78 is 0. The molecule has 0 aliphatic carbocycles. The van der Waals surface area contributed by atoms with Gasteiger partial charge in [-0.15, -0.1) is 47.0 Å². The molecule has 0 fully saturated rings. The molecule has 0 aliphatic rings. The van der Waals surface area contributed by atoms with E-state index in [4.69, 9.17) is 10.6 Å².